The van der Waals surface area contributed by atoms with E-state index in [0.29, 0.717) is 32.1 Å². The number of fused-ring (bicyclic) bond motifs is 7. The van der Waals surface area contributed by atoms with E-state index >= 15 is 0 Å². The normalized spacial score (nSPS) is 58.1. The molecule has 0 radical (unpaired) electrons. The van der Waals surface area contributed by atoms with Gasteiger partial charge in [-0.1, -0.05) is 60.1 Å². The minimum absolute atomic E-state index is 0.105. The van der Waals surface area contributed by atoms with Crippen LogP contribution in [0.1, 0.15) is 93.4 Å². The molecule has 7 N–H and O–H groups in total. The van der Waals surface area contributed by atoms with E-state index in [4.69, 9.17) is 9.47 Å². The highest BCUT2D eigenvalue weighted by Crippen LogP contribution is 2.75. The summed E-state index contributed by atoms with van der Waals surface area (Å²) in [4.78, 5) is 13.2. The van der Waals surface area contributed by atoms with E-state index in [1.54, 1.807) is 6.92 Å². The second kappa shape index (κ2) is 11.0. The van der Waals surface area contributed by atoms with Crippen molar-refractivity contribution in [2.75, 3.05) is 6.61 Å². The number of allylic oxidation sites excluding steroid dienone is 2. The molecule has 4 saturated carbocycles. The molecule has 10 heteroatoms. The number of aldehydes is 1. The van der Waals surface area contributed by atoms with Crippen LogP contribution in [0.25, 0.3) is 0 Å². The van der Waals surface area contributed by atoms with Crippen molar-refractivity contribution in [3.8, 4) is 0 Å². The van der Waals surface area contributed by atoms with Crippen molar-refractivity contribution in [3.63, 3.8) is 0 Å². The van der Waals surface area contributed by atoms with Crippen LogP contribution in [-0.4, -0.2) is 104 Å². The van der Waals surface area contributed by atoms with Crippen LogP contribution in [0.15, 0.2) is 11.6 Å². The third-order valence-corrected chi connectivity index (χ3v) is 15.3. The average molecular weight is 651 g/mol. The van der Waals surface area contributed by atoms with Crippen LogP contribution in [0, 0.1) is 50.2 Å². The molecule has 46 heavy (non-hydrogen) atoms. The minimum Gasteiger partial charge on any atom is -0.394 e. The molecule has 1 aliphatic heterocycles. The van der Waals surface area contributed by atoms with Gasteiger partial charge in [0, 0.05) is 11.3 Å². The van der Waals surface area contributed by atoms with E-state index in [9.17, 15) is 40.5 Å². The average Bonchev–Trinajstić information content (AvgIpc) is 2.97. The maximum absolute atomic E-state index is 13.2. The molecule has 0 spiro atoms. The zero-order valence-electron chi connectivity index (χ0n) is 28.6. The fourth-order valence-corrected chi connectivity index (χ4v) is 12.2. The highest BCUT2D eigenvalue weighted by Gasteiger charge is 2.72. The van der Waals surface area contributed by atoms with Gasteiger partial charge in [-0.15, -0.1) is 0 Å². The first-order valence-corrected chi connectivity index (χ1v) is 17.4. The molecular weight excluding hydrogens is 592 g/mol. The number of aliphatic hydroxyl groups excluding tert-OH is 7. The molecule has 17 atom stereocenters. The van der Waals surface area contributed by atoms with Gasteiger partial charge in [0.25, 0.3) is 0 Å². The third kappa shape index (κ3) is 4.50. The van der Waals surface area contributed by atoms with Crippen molar-refractivity contribution in [2.24, 2.45) is 50.2 Å². The smallest absolute Gasteiger partial charge is 0.187 e. The summed E-state index contributed by atoms with van der Waals surface area (Å²) in [5, 5.41) is 76.2. The maximum atomic E-state index is 13.2. The standard InChI is InChI=1S/C36H58O10/c1-31(2)12-19-18-8-9-22-32(3)11-10-25(46-30-28(44)27(43)26(42)21(16-37)45-30)34(5,17-38)29(32)20(39)13-36(22,7)35(18,6)15-24(41)33(19,4)14-23(31)40/h8,17,19-30,37,39-44H,9-16H2,1-7H3/t19-,20+,21+,22+,23-,24-,25-,26+,27-,28+,29+,30-,32+,33-,34+,35+,36+/m0/s1. The molecule has 5 fully saturated rings. The van der Waals surface area contributed by atoms with Crippen LogP contribution in [0.2, 0.25) is 0 Å². The first-order valence-electron chi connectivity index (χ1n) is 17.4. The molecule has 0 bridgehead atoms. The second-order valence-corrected chi connectivity index (χ2v) is 18.0. The predicted octanol–water partition coefficient (Wildman–Crippen LogP) is 2.08. The van der Waals surface area contributed by atoms with Crippen molar-refractivity contribution in [1.29, 1.82) is 0 Å². The Bertz CT molecular complexity index is 1240. The molecule has 1 heterocycles. The summed E-state index contributed by atoms with van der Waals surface area (Å²) in [6, 6.07) is 0. The molecule has 6 rings (SSSR count). The van der Waals surface area contributed by atoms with Crippen molar-refractivity contribution in [1.82, 2.24) is 0 Å². The molecule has 6 aliphatic rings. The van der Waals surface area contributed by atoms with Crippen LogP contribution in [0.4, 0.5) is 0 Å². The number of rotatable bonds is 4. The topological polar surface area (TPSA) is 177 Å². The van der Waals surface area contributed by atoms with Crippen LogP contribution < -0.4 is 0 Å². The Hall–Kier alpha value is -0.950. The lowest BCUT2D eigenvalue weighted by atomic mass is 9.33. The predicted molar refractivity (Wildman–Crippen MR) is 168 cm³/mol. The Morgan fingerprint density at radius 1 is 0.870 bits per heavy atom. The minimum atomic E-state index is -1.59. The van der Waals surface area contributed by atoms with Gasteiger partial charge in [0.15, 0.2) is 6.29 Å². The Morgan fingerprint density at radius 3 is 2.17 bits per heavy atom. The Kier molecular flexibility index (Phi) is 8.36. The highest BCUT2D eigenvalue weighted by atomic mass is 16.7. The lowest BCUT2D eigenvalue weighted by Crippen LogP contribution is -2.70. The van der Waals surface area contributed by atoms with Gasteiger partial charge in [0.2, 0.25) is 0 Å². The lowest BCUT2D eigenvalue weighted by molar-refractivity contribution is -0.331. The highest BCUT2D eigenvalue weighted by molar-refractivity contribution is 5.62. The zero-order chi connectivity index (χ0) is 34.0. The van der Waals surface area contributed by atoms with E-state index in [2.05, 4.69) is 47.6 Å². The maximum Gasteiger partial charge on any atom is 0.187 e. The first kappa shape index (κ1) is 34.9. The summed E-state index contributed by atoms with van der Waals surface area (Å²) in [5.74, 6) is -0.253. The molecule has 0 aromatic rings. The van der Waals surface area contributed by atoms with E-state index in [1.807, 2.05) is 0 Å². The molecule has 5 aliphatic carbocycles. The number of hydrogen-bond donors (Lipinski definition) is 7. The summed E-state index contributed by atoms with van der Waals surface area (Å²) in [5.41, 5.74) is -1.76. The SMILES string of the molecule is CC1(C)C[C@H]2C3=CC[C@@H]4[C@@]5(C)CC[C@H](O[C@@H]6O[C@H](CO)[C@@H](O)[C@H](O)[C@H]6O)[C@@](C)(C=O)[C@@H]5[C@H](O)C[C@@]4(C)[C@]3(C)C[C@H](O)[C@@]2(C)C[C@@H]1O. The molecule has 0 aromatic carbocycles. The molecule has 262 valence electrons. The van der Waals surface area contributed by atoms with Crippen LogP contribution >= 0.6 is 0 Å². The van der Waals surface area contributed by atoms with Crippen LogP contribution in [0.5, 0.6) is 0 Å². The third-order valence-electron chi connectivity index (χ3n) is 15.3. The number of aliphatic hydroxyl groups is 7. The summed E-state index contributed by atoms with van der Waals surface area (Å²) >= 11 is 0. The van der Waals surface area contributed by atoms with Gasteiger partial charge in [0.05, 0.1) is 36.4 Å². The first-order chi connectivity index (χ1) is 21.2. The molecular formula is C36H58O10. The van der Waals surface area contributed by atoms with Crippen molar-refractivity contribution < 1.29 is 50.0 Å². The van der Waals surface area contributed by atoms with Gasteiger partial charge in [-0.2, -0.15) is 0 Å². The summed E-state index contributed by atoms with van der Waals surface area (Å²) in [7, 11) is 0. The van der Waals surface area contributed by atoms with Gasteiger partial charge in [-0.05, 0) is 78.4 Å². The van der Waals surface area contributed by atoms with Crippen molar-refractivity contribution in [3.05, 3.63) is 11.6 Å². The second-order valence-electron chi connectivity index (χ2n) is 18.0. The fraction of sp³-hybridized carbons (Fsp3) is 0.917. The lowest BCUT2D eigenvalue weighted by Gasteiger charge is -2.72. The van der Waals surface area contributed by atoms with E-state index in [0.717, 1.165) is 19.1 Å². The molecule has 10 nitrogen and oxygen atoms in total. The monoisotopic (exact) mass is 650 g/mol. The Balaban J connectivity index is 1.35. The van der Waals surface area contributed by atoms with Gasteiger partial charge >= 0.3 is 0 Å². The number of carbonyl (C=O) groups excluding carboxylic acids is 1. The van der Waals surface area contributed by atoms with Crippen molar-refractivity contribution >= 4 is 6.29 Å². The summed E-state index contributed by atoms with van der Waals surface area (Å²) in [6.07, 6.45) is -2.41. The van der Waals surface area contributed by atoms with E-state index in [-0.39, 0.29) is 22.7 Å². The molecule has 1 saturated heterocycles. The van der Waals surface area contributed by atoms with Gasteiger partial charge in [-0.25, -0.2) is 0 Å². The van der Waals surface area contributed by atoms with Crippen molar-refractivity contribution in [2.45, 2.75) is 149 Å². The van der Waals surface area contributed by atoms with E-state index in [1.165, 1.54) is 5.57 Å². The number of carbonyl (C=O) groups is 1. The number of hydrogen-bond acceptors (Lipinski definition) is 10. The van der Waals surface area contributed by atoms with Gasteiger partial charge in [0.1, 0.15) is 30.7 Å². The Morgan fingerprint density at radius 2 is 1.54 bits per heavy atom. The fourth-order valence-electron chi connectivity index (χ4n) is 12.2. The molecule has 0 unspecified atom stereocenters. The number of ether oxygens (including phenoxy) is 2. The zero-order valence-corrected chi connectivity index (χ0v) is 28.6. The van der Waals surface area contributed by atoms with E-state index < -0.39 is 89.3 Å². The van der Waals surface area contributed by atoms with Crippen LogP contribution in [-0.2, 0) is 14.3 Å². The largest absolute Gasteiger partial charge is 0.394 e. The summed E-state index contributed by atoms with van der Waals surface area (Å²) < 4.78 is 11.9. The molecule has 0 amide bonds. The van der Waals surface area contributed by atoms with Gasteiger partial charge < -0.3 is 50.0 Å². The quantitative estimate of drug-likeness (QED) is 0.135. The van der Waals surface area contributed by atoms with Gasteiger partial charge in [-0.3, -0.25) is 0 Å². The van der Waals surface area contributed by atoms with Crippen LogP contribution in [0.3, 0.4) is 0 Å². The Labute approximate surface area is 273 Å². The molecule has 0 aromatic heterocycles. The summed E-state index contributed by atoms with van der Waals surface area (Å²) in [6.45, 7) is 14.3.